The van der Waals surface area contributed by atoms with Crippen molar-refractivity contribution in [3.63, 3.8) is 0 Å². The van der Waals surface area contributed by atoms with E-state index in [0.29, 0.717) is 31.3 Å². The van der Waals surface area contributed by atoms with Gasteiger partial charge in [-0.1, -0.05) is 69.2 Å². The second-order valence-corrected chi connectivity index (χ2v) is 12.3. The highest BCUT2D eigenvalue weighted by Gasteiger charge is 2.11. The second-order valence-electron chi connectivity index (χ2n) is 12.3. The maximum atomic E-state index is 11.3. The Morgan fingerprint density at radius 2 is 1.03 bits per heavy atom. The van der Waals surface area contributed by atoms with Crippen molar-refractivity contribution in [2.45, 2.75) is 128 Å². The van der Waals surface area contributed by atoms with Crippen LogP contribution in [0, 0.1) is 23.7 Å². The molecular weight excluding hydrogens is 476 g/mol. The predicted octanol–water partition coefficient (Wildman–Crippen LogP) is 7.34. The van der Waals surface area contributed by atoms with Crippen LogP contribution in [0.5, 0.6) is 0 Å². The SMILES string of the molecule is CC(C)CCOCC(=O)C(C)C.CCCN(CC(C)C)C(C)C.CCCN(COCC(=O)C(C)C)C(C)C. The summed E-state index contributed by atoms with van der Waals surface area (Å²) in [5, 5.41) is 0. The van der Waals surface area contributed by atoms with Crippen molar-refractivity contribution >= 4 is 11.6 Å². The number of ketones is 2. The minimum atomic E-state index is 0.0728. The number of rotatable bonds is 19. The van der Waals surface area contributed by atoms with Gasteiger partial charge in [0.05, 0.1) is 6.73 Å². The largest absolute Gasteiger partial charge is 0.374 e. The normalized spacial score (nSPS) is 11.6. The molecule has 0 aliphatic heterocycles. The molecule has 0 aromatic heterocycles. The fourth-order valence-corrected chi connectivity index (χ4v) is 3.16. The van der Waals surface area contributed by atoms with Crippen molar-refractivity contribution in [3.05, 3.63) is 0 Å². The average Bonchev–Trinajstić information content (AvgIpc) is 2.80. The van der Waals surface area contributed by atoms with Crippen LogP contribution >= 0.6 is 0 Å². The van der Waals surface area contributed by atoms with Crippen LogP contribution < -0.4 is 0 Å². The van der Waals surface area contributed by atoms with Gasteiger partial charge in [-0.2, -0.15) is 0 Å². The van der Waals surface area contributed by atoms with Gasteiger partial charge in [-0.05, 0) is 65.3 Å². The first kappa shape index (κ1) is 41.7. The summed E-state index contributed by atoms with van der Waals surface area (Å²) in [6, 6.07) is 1.18. The van der Waals surface area contributed by atoms with Gasteiger partial charge in [0.2, 0.25) is 0 Å². The van der Waals surface area contributed by atoms with E-state index in [0.717, 1.165) is 25.3 Å². The molecule has 0 N–H and O–H groups in total. The van der Waals surface area contributed by atoms with E-state index in [1.165, 1.54) is 19.5 Å². The van der Waals surface area contributed by atoms with E-state index in [1.807, 2.05) is 27.7 Å². The Kier molecular flexibility index (Phi) is 28.9. The molecule has 6 nitrogen and oxygen atoms in total. The third-order valence-corrected chi connectivity index (χ3v) is 5.96. The predicted molar refractivity (Wildman–Crippen MR) is 165 cm³/mol. The van der Waals surface area contributed by atoms with E-state index < -0.39 is 0 Å². The van der Waals surface area contributed by atoms with Gasteiger partial charge < -0.3 is 14.4 Å². The highest BCUT2D eigenvalue weighted by atomic mass is 16.5. The monoisotopic (exact) mass is 545 g/mol. The minimum Gasteiger partial charge on any atom is -0.374 e. The lowest BCUT2D eigenvalue weighted by Gasteiger charge is -2.27. The highest BCUT2D eigenvalue weighted by Crippen LogP contribution is 2.05. The van der Waals surface area contributed by atoms with Crippen LogP contribution in [0.25, 0.3) is 0 Å². The number of carbonyl (C=O) groups is 2. The number of Topliss-reactive ketones (excluding diaryl/α,β-unsaturated/α-hetero) is 2. The first-order valence-corrected chi connectivity index (χ1v) is 15.3. The van der Waals surface area contributed by atoms with Crippen molar-refractivity contribution < 1.29 is 19.1 Å². The van der Waals surface area contributed by atoms with Gasteiger partial charge in [-0.25, -0.2) is 0 Å². The average molecular weight is 545 g/mol. The summed E-state index contributed by atoms with van der Waals surface area (Å²) in [5.74, 6) is 1.99. The van der Waals surface area contributed by atoms with Crippen molar-refractivity contribution in [1.29, 1.82) is 0 Å². The molecule has 0 saturated heterocycles. The molecule has 0 spiro atoms. The summed E-state index contributed by atoms with van der Waals surface area (Å²) in [6.07, 6.45) is 3.41. The molecule has 0 bridgehead atoms. The zero-order valence-corrected chi connectivity index (χ0v) is 28.1. The van der Waals surface area contributed by atoms with E-state index in [2.05, 4.69) is 79.0 Å². The van der Waals surface area contributed by atoms with Crippen LogP contribution in [0.3, 0.4) is 0 Å². The molecule has 0 heterocycles. The molecule has 0 aromatic carbocycles. The Bertz CT molecular complexity index is 546. The summed E-state index contributed by atoms with van der Waals surface area (Å²) in [4.78, 5) is 27.1. The Hall–Kier alpha value is -0.820. The molecule has 0 unspecified atom stereocenters. The Labute approximate surface area is 238 Å². The van der Waals surface area contributed by atoms with Crippen LogP contribution in [0.4, 0.5) is 0 Å². The van der Waals surface area contributed by atoms with Gasteiger partial charge in [0.1, 0.15) is 13.2 Å². The smallest absolute Gasteiger partial charge is 0.161 e. The number of hydrogen-bond donors (Lipinski definition) is 0. The van der Waals surface area contributed by atoms with Gasteiger partial charge in [0, 0.05) is 43.6 Å². The third kappa shape index (κ3) is 28.2. The van der Waals surface area contributed by atoms with Crippen LogP contribution in [-0.2, 0) is 19.1 Å². The molecule has 6 heteroatoms. The molecule has 0 radical (unpaired) electrons. The Morgan fingerprint density at radius 1 is 0.605 bits per heavy atom. The Morgan fingerprint density at radius 3 is 1.37 bits per heavy atom. The molecule has 0 aromatic rings. The maximum absolute atomic E-state index is 11.3. The zero-order valence-electron chi connectivity index (χ0n) is 28.1. The summed E-state index contributed by atoms with van der Waals surface area (Å²) in [6.45, 7) is 35.0. The summed E-state index contributed by atoms with van der Waals surface area (Å²) < 4.78 is 10.6. The molecule has 38 heavy (non-hydrogen) atoms. The van der Waals surface area contributed by atoms with Gasteiger partial charge >= 0.3 is 0 Å². The van der Waals surface area contributed by atoms with Gasteiger partial charge in [-0.15, -0.1) is 0 Å². The highest BCUT2D eigenvalue weighted by molar-refractivity contribution is 5.81. The first-order chi connectivity index (χ1) is 17.6. The number of carbonyl (C=O) groups excluding carboxylic acids is 2. The van der Waals surface area contributed by atoms with Gasteiger partial charge in [0.25, 0.3) is 0 Å². The lowest BCUT2D eigenvalue weighted by atomic mass is 10.1. The van der Waals surface area contributed by atoms with Crippen molar-refractivity contribution in [3.8, 4) is 0 Å². The van der Waals surface area contributed by atoms with Crippen molar-refractivity contribution in [2.24, 2.45) is 23.7 Å². The van der Waals surface area contributed by atoms with Crippen LogP contribution in [0.1, 0.15) is 116 Å². The molecular formula is C32H68N2O4. The molecule has 0 amide bonds. The minimum absolute atomic E-state index is 0.0728. The fraction of sp³-hybridized carbons (Fsp3) is 0.938. The zero-order chi connectivity index (χ0) is 30.3. The van der Waals surface area contributed by atoms with E-state index in [4.69, 9.17) is 9.47 Å². The summed E-state index contributed by atoms with van der Waals surface area (Å²) in [5.41, 5.74) is 0. The summed E-state index contributed by atoms with van der Waals surface area (Å²) in [7, 11) is 0. The van der Waals surface area contributed by atoms with E-state index >= 15 is 0 Å². The molecule has 0 atom stereocenters. The van der Waals surface area contributed by atoms with Crippen LogP contribution in [0.15, 0.2) is 0 Å². The fourth-order valence-electron chi connectivity index (χ4n) is 3.16. The second kappa shape index (κ2) is 26.4. The van der Waals surface area contributed by atoms with Crippen LogP contribution in [0.2, 0.25) is 0 Å². The van der Waals surface area contributed by atoms with Gasteiger partial charge in [0.15, 0.2) is 11.6 Å². The Balaban J connectivity index is -0.000000491. The number of ether oxygens (including phenoxy) is 2. The molecule has 0 aliphatic rings. The van der Waals surface area contributed by atoms with Crippen molar-refractivity contribution in [2.75, 3.05) is 46.2 Å². The van der Waals surface area contributed by atoms with E-state index in [1.54, 1.807) is 0 Å². The number of hydrogen-bond acceptors (Lipinski definition) is 6. The number of nitrogens with zero attached hydrogens (tertiary/aromatic N) is 2. The van der Waals surface area contributed by atoms with Crippen molar-refractivity contribution in [1.82, 2.24) is 9.80 Å². The molecule has 0 aliphatic carbocycles. The molecule has 0 rings (SSSR count). The van der Waals surface area contributed by atoms with Gasteiger partial charge in [-0.3, -0.25) is 14.5 Å². The maximum Gasteiger partial charge on any atom is 0.161 e. The quantitative estimate of drug-likeness (QED) is 0.125. The van der Waals surface area contributed by atoms with Crippen LogP contribution in [-0.4, -0.2) is 79.6 Å². The topological polar surface area (TPSA) is 59.1 Å². The summed E-state index contributed by atoms with van der Waals surface area (Å²) >= 11 is 0. The lowest BCUT2D eigenvalue weighted by molar-refractivity contribution is -0.128. The molecule has 230 valence electrons. The molecule has 0 fully saturated rings. The van der Waals surface area contributed by atoms with E-state index in [9.17, 15) is 9.59 Å². The molecule has 0 saturated carbocycles. The first-order valence-electron chi connectivity index (χ1n) is 15.3. The van der Waals surface area contributed by atoms with E-state index in [-0.39, 0.29) is 36.6 Å². The standard InChI is InChI=1S/C12H25NO2.C10H23N.C10H20O2/c1-6-7-13(11(4)5)9-15-8-12(14)10(2)3;1-6-7-11(10(4)5)8-9(2)3;1-8(2)5-6-12-7-10(11)9(3)4/h10-11H,6-9H2,1-5H3;9-10H,6-8H2,1-5H3;8-9H,5-7H2,1-4H3. The third-order valence-electron chi connectivity index (χ3n) is 5.96. The lowest BCUT2D eigenvalue weighted by Crippen LogP contribution is -2.34.